The second kappa shape index (κ2) is 10.1. The molecule has 0 aliphatic carbocycles. The molecule has 0 bridgehead atoms. The number of nitrogens with zero attached hydrogens (tertiary/aromatic N) is 1. The topological polar surface area (TPSA) is 101 Å². The Morgan fingerprint density at radius 3 is 2.43 bits per heavy atom. The summed E-state index contributed by atoms with van der Waals surface area (Å²) in [6.07, 6.45) is 0. The first-order valence-electron chi connectivity index (χ1n) is 8.21. The van der Waals surface area contributed by atoms with Crippen molar-refractivity contribution in [2.45, 2.75) is 6.92 Å². The highest BCUT2D eigenvalue weighted by Gasteiger charge is 2.09. The number of aliphatic carboxylic acids is 1. The molecule has 0 fully saturated rings. The highest BCUT2D eigenvalue weighted by molar-refractivity contribution is 7.80. The molecule has 0 heterocycles. The number of carboxylic acid groups (broad SMARTS) is 1. The number of hydrogen-bond acceptors (Lipinski definition) is 6. The van der Waals surface area contributed by atoms with Crippen molar-refractivity contribution in [2.24, 2.45) is 5.10 Å². The van der Waals surface area contributed by atoms with Crippen molar-refractivity contribution < 1.29 is 24.1 Å². The van der Waals surface area contributed by atoms with Crippen molar-refractivity contribution in [3.05, 3.63) is 48.0 Å². The molecule has 2 rings (SSSR count). The Labute approximate surface area is 168 Å². The molecule has 0 radical (unpaired) electrons. The largest absolute Gasteiger partial charge is 0.497 e. The zero-order valence-corrected chi connectivity index (χ0v) is 16.5. The molecular weight excluding hydrogens is 382 g/mol. The molecular formula is C19H21N3O5S. The summed E-state index contributed by atoms with van der Waals surface area (Å²) in [4.78, 5) is 10.6. The first kappa shape index (κ1) is 21.0. The van der Waals surface area contributed by atoms with Gasteiger partial charge in [-0.1, -0.05) is 0 Å². The molecule has 0 saturated heterocycles. The van der Waals surface area contributed by atoms with Crippen LogP contribution in [0.5, 0.6) is 17.2 Å². The predicted octanol–water partition coefficient (Wildman–Crippen LogP) is 2.88. The van der Waals surface area contributed by atoms with Gasteiger partial charge in [0.15, 0.2) is 23.2 Å². The lowest BCUT2D eigenvalue weighted by Gasteiger charge is -2.11. The Morgan fingerprint density at radius 2 is 1.82 bits per heavy atom. The van der Waals surface area contributed by atoms with Gasteiger partial charge in [-0.15, -0.1) is 0 Å². The van der Waals surface area contributed by atoms with Gasteiger partial charge in [0.25, 0.3) is 0 Å². The third kappa shape index (κ3) is 6.13. The minimum atomic E-state index is -1.06. The van der Waals surface area contributed by atoms with Gasteiger partial charge < -0.3 is 24.6 Å². The fraction of sp³-hybridized carbons (Fsp3) is 0.211. The van der Waals surface area contributed by atoms with E-state index in [1.807, 2.05) is 24.3 Å². The molecule has 0 aliphatic heterocycles. The molecule has 0 aliphatic rings. The van der Waals surface area contributed by atoms with Crippen LogP contribution in [-0.2, 0) is 4.79 Å². The fourth-order valence-electron chi connectivity index (χ4n) is 2.18. The Morgan fingerprint density at radius 1 is 1.11 bits per heavy atom. The van der Waals surface area contributed by atoms with E-state index in [1.54, 1.807) is 32.2 Å². The van der Waals surface area contributed by atoms with E-state index in [0.29, 0.717) is 22.3 Å². The second-order valence-corrected chi connectivity index (χ2v) is 5.95. The van der Waals surface area contributed by atoms with Gasteiger partial charge in [0.2, 0.25) is 0 Å². The Balaban J connectivity index is 2.01. The molecule has 0 amide bonds. The summed E-state index contributed by atoms with van der Waals surface area (Å²) in [5.74, 6) is 0.437. The molecule has 148 valence electrons. The number of hydrogen-bond donors (Lipinski definition) is 3. The van der Waals surface area contributed by atoms with Crippen molar-refractivity contribution in [3.63, 3.8) is 0 Å². The number of nitrogens with one attached hydrogen (secondary N) is 2. The number of hydrazone groups is 1. The zero-order valence-electron chi connectivity index (χ0n) is 15.7. The Bertz CT molecular complexity index is 868. The number of benzene rings is 2. The first-order chi connectivity index (χ1) is 13.4. The van der Waals surface area contributed by atoms with Crippen molar-refractivity contribution in [1.29, 1.82) is 0 Å². The van der Waals surface area contributed by atoms with Crippen LogP contribution in [0.2, 0.25) is 0 Å². The predicted molar refractivity (Wildman–Crippen MR) is 111 cm³/mol. The molecule has 8 nitrogen and oxygen atoms in total. The van der Waals surface area contributed by atoms with Crippen molar-refractivity contribution in [2.75, 3.05) is 26.1 Å². The average Bonchev–Trinajstić information content (AvgIpc) is 2.70. The number of thiocarbonyl (C=S) groups is 1. The van der Waals surface area contributed by atoms with Crippen molar-refractivity contribution >= 4 is 34.7 Å². The fourth-order valence-corrected chi connectivity index (χ4v) is 2.35. The van der Waals surface area contributed by atoms with Gasteiger partial charge in [0.05, 0.1) is 19.9 Å². The SMILES string of the molecule is COc1ccc(NC(=S)N/N=C(/C)c2ccc(OCC(=O)O)c(OC)c2)cc1. The van der Waals surface area contributed by atoms with E-state index >= 15 is 0 Å². The molecule has 0 atom stereocenters. The maximum Gasteiger partial charge on any atom is 0.341 e. The van der Waals surface area contributed by atoms with Crippen LogP contribution >= 0.6 is 12.2 Å². The molecule has 2 aromatic rings. The number of methoxy groups -OCH3 is 2. The van der Waals surface area contributed by atoms with E-state index in [-0.39, 0.29) is 0 Å². The van der Waals surface area contributed by atoms with E-state index in [1.165, 1.54) is 7.11 Å². The van der Waals surface area contributed by atoms with Crippen molar-refractivity contribution in [1.82, 2.24) is 5.43 Å². The molecule has 0 saturated carbocycles. The van der Waals surface area contributed by atoms with E-state index < -0.39 is 12.6 Å². The Kier molecular flexibility index (Phi) is 7.58. The van der Waals surface area contributed by atoms with E-state index in [9.17, 15) is 4.79 Å². The molecule has 0 spiro atoms. The number of carbonyl (C=O) groups is 1. The van der Waals surface area contributed by atoms with Crippen LogP contribution < -0.4 is 25.0 Å². The minimum absolute atomic E-state index is 0.331. The quantitative estimate of drug-likeness (QED) is 0.351. The standard InChI is InChI=1S/C19H21N3O5S/c1-12(13-4-9-16(17(10-13)26-3)27-11-18(23)24)21-22-19(28)20-14-5-7-15(25-2)8-6-14/h4-10H,11H2,1-3H3,(H,23,24)(H2,20,22,28)/b21-12-. The molecule has 3 N–H and O–H groups in total. The summed E-state index contributed by atoms with van der Waals surface area (Å²) < 4.78 is 15.5. The summed E-state index contributed by atoms with van der Waals surface area (Å²) in [6, 6.07) is 12.4. The summed E-state index contributed by atoms with van der Waals surface area (Å²) in [5.41, 5.74) is 4.99. The van der Waals surface area contributed by atoms with E-state index in [4.69, 9.17) is 31.5 Å². The lowest BCUT2D eigenvalue weighted by Crippen LogP contribution is -2.24. The Hall–Kier alpha value is -3.33. The summed E-state index contributed by atoms with van der Waals surface area (Å²) >= 11 is 5.23. The summed E-state index contributed by atoms with van der Waals surface area (Å²) in [6.45, 7) is 1.35. The smallest absolute Gasteiger partial charge is 0.341 e. The normalized spacial score (nSPS) is 10.8. The molecule has 2 aromatic carbocycles. The van der Waals surface area contributed by atoms with Gasteiger partial charge in [0.1, 0.15) is 5.75 Å². The van der Waals surface area contributed by atoms with Gasteiger partial charge >= 0.3 is 5.97 Å². The maximum atomic E-state index is 10.6. The van der Waals surface area contributed by atoms with Gasteiger partial charge in [-0.3, -0.25) is 5.43 Å². The maximum absolute atomic E-state index is 10.6. The monoisotopic (exact) mass is 403 g/mol. The lowest BCUT2D eigenvalue weighted by molar-refractivity contribution is -0.139. The highest BCUT2D eigenvalue weighted by atomic mass is 32.1. The number of rotatable bonds is 8. The third-order valence-corrected chi connectivity index (χ3v) is 3.80. The second-order valence-electron chi connectivity index (χ2n) is 5.54. The third-order valence-electron chi connectivity index (χ3n) is 3.61. The summed E-state index contributed by atoms with van der Waals surface area (Å²) in [5, 5.41) is 16.3. The highest BCUT2D eigenvalue weighted by Crippen LogP contribution is 2.28. The number of carboxylic acids is 1. The van der Waals surface area contributed by atoms with E-state index in [2.05, 4.69) is 15.8 Å². The average molecular weight is 403 g/mol. The van der Waals surface area contributed by atoms with Gasteiger partial charge in [-0.25, -0.2) is 4.79 Å². The first-order valence-corrected chi connectivity index (χ1v) is 8.62. The number of anilines is 1. The molecule has 9 heteroatoms. The van der Waals surface area contributed by atoms with Gasteiger partial charge in [0, 0.05) is 11.3 Å². The minimum Gasteiger partial charge on any atom is -0.497 e. The van der Waals surface area contributed by atoms with Crippen LogP contribution in [0.3, 0.4) is 0 Å². The molecule has 0 unspecified atom stereocenters. The van der Waals surface area contributed by atoms with Gasteiger partial charge in [-0.05, 0) is 61.6 Å². The van der Waals surface area contributed by atoms with Gasteiger partial charge in [-0.2, -0.15) is 5.10 Å². The van der Waals surface area contributed by atoms with Crippen LogP contribution in [0, 0.1) is 0 Å². The van der Waals surface area contributed by atoms with Crippen molar-refractivity contribution in [3.8, 4) is 17.2 Å². The van der Waals surface area contributed by atoms with Crippen LogP contribution in [0.25, 0.3) is 0 Å². The van der Waals surface area contributed by atoms with Crippen LogP contribution in [0.1, 0.15) is 12.5 Å². The van der Waals surface area contributed by atoms with Crippen LogP contribution in [-0.4, -0.2) is 42.7 Å². The summed E-state index contributed by atoms with van der Waals surface area (Å²) in [7, 11) is 3.08. The lowest BCUT2D eigenvalue weighted by atomic mass is 10.1. The van der Waals surface area contributed by atoms with E-state index in [0.717, 1.165) is 17.0 Å². The molecule has 0 aromatic heterocycles. The molecule has 28 heavy (non-hydrogen) atoms. The van der Waals surface area contributed by atoms with Crippen LogP contribution in [0.15, 0.2) is 47.6 Å². The zero-order chi connectivity index (χ0) is 20.5. The number of ether oxygens (including phenoxy) is 3. The van der Waals surface area contributed by atoms with Crippen LogP contribution in [0.4, 0.5) is 5.69 Å².